The number of halogens is 1. The third-order valence-corrected chi connectivity index (χ3v) is 3.24. The Morgan fingerprint density at radius 3 is 2.47 bits per heavy atom. The lowest BCUT2D eigenvalue weighted by atomic mass is 10.1. The number of rotatable bonds is 1. The lowest BCUT2D eigenvalue weighted by Gasteiger charge is -2.39. The molecule has 15 heavy (non-hydrogen) atoms. The average molecular weight is 225 g/mol. The molecular weight excluding hydrogens is 208 g/mol. The van der Waals surface area contributed by atoms with Crippen LogP contribution in [0.15, 0.2) is 24.3 Å². The number of piperazine rings is 1. The van der Waals surface area contributed by atoms with Crippen LogP contribution in [0.3, 0.4) is 0 Å². The van der Waals surface area contributed by atoms with E-state index in [1.54, 1.807) is 0 Å². The van der Waals surface area contributed by atoms with E-state index in [0.717, 1.165) is 24.7 Å². The van der Waals surface area contributed by atoms with Gasteiger partial charge in [0.25, 0.3) is 0 Å². The maximum absolute atomic E-state index is 5.88. The second kappa shape index (κ2) is 4.42. The fraction of sp³-hybridized carbons (Fsp3) is 0.500. The highest BCUT2D eigenvalue weighted by Crippen LogP contribution is 2.21. The lowest BCUT2D eigenvalue weighted by molar-refractivity contribution is 0.275. The predicted molar refractivity (Wildman–Crippen MR) is 65.8 cm³/mol. The van der Waals surface area contributed by atoms with Crippen LogP contribution in [-0.4, -0.2) is 37.6 Å². The van der Waals surface area contributed by atoms with E-state index in [1.807, 2.05) is 12.1 Å². The number of benzene rings is 1. The monoisotopic (exact) mass is 224 g/mol. The molecular formula is C12H17ClN2. The highest BCUT2D eigenvalue weighted by atomic mass is 35.5. The van der Waals surface area contributed by atoms with E-state index in [9.17, 15) is 0 Å². The minimum atomic E-state index is 0.574. The molecule has 0 amide bonds. The summed E-state index contributed by atoms with van der Waals surface area (Å²) in [6.45, 7) is 5.62. The van der Waals surface area contributed by atoms with E-state index in [1.165, 1.54) is 5.69 Å². The Morgan fingerprint density at radius 1 is 1.20 bits per heavy atom. The first kappa shape index (κ1) is 10.8. The summed E-state index contributed by atoms with van der Waals surface area (Å²) in [6.07, 6.45) is 0. The molecule has 0 radical (unpaired) electrons. The molecule has 1 saturated heterocycles. The average Bonchev–Trinajstić information content (AvgIpc) is 2.20. The highest BCUT2D eigenvalue weighted by molar-refractivity contribution is 6.30. The van der Waals surface area contributed by atoms with Crippen molar-refractivity contribution < 1.29 is 0 Å². The van der Waals surface area contributed by atoms with Crippen LogP contribution in [0, 0.1) is 0 Å². The zero-order chi connectivity index (χ0) is 10.8. The smallest absolute Gasteiger partial charge is 0.0407 e. The Bertz CT molecular complexity index is 323. The van der Waals surface area contributed by atoms with E-state index < -0.39 is 0 Å². The van der Waals surface area contributed by atoms with Crippen LogP contribution in [0.25, 0.3) is 0 Å². The first-order valence-corrected chi connectivity index (χ1v) is 5.75. The quantitative estimate of drug-likeness (QED) is 0.723. The molecule has 0 unspecified atom stereocenters. The normalized spacial score (nSPS) is 23.1. The Labute approximate surface area is 96.4 Å². The van der Waals surface area contributed by atoms with Crippen molar-refractivity contribution in [3.8, 4) is 0 Å². The third-order valence-electron chi connectivity index (χ3n) is 2.99. The molecule has 2 rings (SSSR count). The van der Waals surface area contributed by atoms with Gasteiger partial charge in [0, 0.05) is 36.4 Å². The SMILES string of the molecule is C[C@@H]1CN(C)CCN1c1ccc(Cl)cc1. The zero-order valence-corrected chi connectivity index (χ0v) is 10.0. The predicted octanol–water partition coefficient (Wildman–Crippen LogP) is 2.48. The first-order valence-electron chi connectivity index (χ1n) is 5.37. The molecule has 1 aromatic rings. The van der Waals surface area contributed by atoms with Gasteiger partial charge in [-0.25, -0.2) is 0 Å². The number of anilines is 1. The van der Waals surface area contributed by atoms with Crippen molar-refractivity contribution in [2.75, 3.05) is 31.6 Å². The maximum atomic E-state index is 5.88. The Kier molecular flexibility index (Phi) is 3.17. The van der Waals surface area contributed by atoms with Crippen molar-refractivity contribution in [1.82, 2.24) is 4.90 Å². The van der Waals surface area contributed by atoms with E-state index in [-0.39, 0.29) is 0 Å². The van der Waals surface area contributed by atoms with Crippen LogP contribution in [0.1, 0.15) is 6.92 Å². The van der Waals surface area contributed by atoms with Crippen LogP contribution >= 0.6 is 11.6 Å². The number of hydrogen-bond acceptors (Lipinski definition) is 2. The molecule has 0 bridgehead atoms. The molecule has 0 spiro atoms. The van der Waals surface area contributed by atoms with Crippen LogP contribution in [0.5, 0.6) is 0 Å². The molecule has 1 atom stereocenters. The van der Waals surface area contributed by atoms with Gasteiger partial charge in [-0.15, -0.1) is 0 Å². The van der Waals surface area contributed by atoms with Gasteiger partial charge in [0.05, 0.1) is 0 Å². The largest absolute Gasteiger partial charge is 0.366 e. The van der Waals surface area contributed by atoms with E-state index in [2.05, 4.69) is 35.9 Å². The van der Waals surface area contributed by atoms with Crippen molar-refractivity contribution in [2.24, 2.45) is 0 Å². The van der Waals surface area contributed by atoms with Crippen molar-refractivity contribution in [3.05, 3.63) is 29.3 Å². The molecule has 1 aliphatic rings. The molecule has 0 saturated carbocycles. The van der Waals surface area contributed by atoms with Gasteiger partial charge in [0.15, 0.2) is 0 Å². The summed E-state index contributed by atoms with van der Waals surface area (Å²) in [5.74, 6) is 0. The fourth-order valence-electron chi connectivity index (χ4n) is 2.16. The fourth-order valence-corrected chi connectivity index (χ4v) is 2.28. The summed E-state index contributed by atoms with van der Waals surface area (Å²) in [5.41, 5.74) is 1.28. The third kappa shape index (κ3) is 2.44. The number of likely N-dealkylation sites (N-methyl/N-ethyl adjacent to an activating group) is 1. The van der Waals surface area contributed by atoms with Gasteiger partial charge in [-0.3, -0.25) is 0 Å². The van der Waals surface area contributed by atoms with Crippen LogP contribution in [0.2, 0.25) is 5.02 Å². The van der Waals surface area contributed by atoms with E-state index >= 15 is 0 Å². The second-order valence-electron chi connectivity index (χ2n) is 4.28. The summed E-state index contributed by atoms with van der Waals surface area (Å²) in [6, 6.07) is 8.70. The Morgan fingerprint density at radius 2 is 1.87 bits per heavy atom. The van der Waals surface area contributed by atoms with Gasteiger partial charge in [0.2, 0.25) is 0 Å². The topological polar surface area (TPSA) is 6.48 Å². The summed E-state index contributed by atoms with van der Waals surface area (Å²) >= 11 is 5.88. The zero-order valence-electron chi connectivity index (χ0n) is 9.28. The molecule has 0 aliphatic carbocycles. The van der Waals surface area contributed by atoms with Crippen molar-refractivity contribution >= 4 is 17.3 Å². The summed E-state index contributed by atoms with van der Waals surface area (Å²) < 4.78 is 0. The number of nitrogens with zero attached hydrogens (tertiary/aromatic N) is 2. The summed E-state index contributed by atoms with van der Waals surface area (Å²) in [4.78, 5) is 4.81. The van der Waals surface area contributed by atoms with Gasteiger partial charge in [0.1, 0.15) is 0 Å². The van der Waals surface area contributed by atoms with Gasteiger partial charge >= 0.3 is 0 Å². The maximum Gasteiger partial charge on any atom is 0.0407 e. The van der Waals surface area contributed by atoms with Gasteiger partial charge < -0.3 is 9.80 Å². The molecule has 2 nitrogen and oxygen atoms in total. The van der Waals surface area contributed by atoms with Crippen molar-refractivity contribution in [1.29, 1.82) is 0 Å². The molecule has 0 N–H and O–H groups in total. The molecule has 0 aromatic heterocycles. The molecule has 1 heterocycles. The molecule has 1 aliphatic heterocycles. The van der Waals surface area contributed by atoms with E-state index in [0.29, 0.717) is 6.04 Å². The van der Waals surface area contributed by atoms with E-state index in [4.69, 9.17) is 11.6 Å². The van der Waals surface area contributed by atoms with Crippen LogP contribution in [0.4, 0.5) is 5.69 Å². The summed E-state index contributed by atoms with van der Waals surface area (Å²) in [5, 5.41) is 0.806. The minimum absolute atomic E-state index is 0.574. The van der Waals surface area contributed by atoms with Crippen LogP contribution in [-0.2, 0) is 0 Å². The highest BCUT2D eigenvalue weighted by Gasteiger charge is 2.21. The number of hydrogen-bond donors (Lipinski definition) is 0. The van der Waals surface area contributed by atoms with Gasteiger partial charge in [-0.1, -0.05) is 11.6 Å². The van der Waals surface area contributed by atoms with Crippen LogP contribution < -0.4 is 4.90 Å². The molecule has 1 aromatic carbocycles. The summed E-state index contributed by atoms with van der Waals surface area (Å²) in [7, 11) is 2.18. The second-order valence-corrected chi connectivity index (χ2v) is 4.72. The van der Waals surface area contributed by atoms with Gasteiger partial charge in [-0.2, -0.15) is 0 Å². The minimum Gasteiger partial charge on any atom is -0.366 e. The van der Waals surface area contributed by atoms with Crippen molar-refractivity contribution in [3.63, 3.8) is 0 Å². The lowest BCUT2D eigenvalue weighted by Crippen LogP contribution is -2.50. The first-order chi connectivity index (χ1) is 7.16. The van der Waals surface area contributed by atoms with Crippen molar-refractivity contribution in [2.45, 2.75) is 13.0 Å². The molecule has 82 valence electrons. The Balaban J connectivity index is 2.13. The standard InChI is InChI=1S/C12H17ClN2/c1-10-9-14(2)7-8-15(10)12-5-3-11(13)4-6-12/h3-6,10H,7-9H2,1-2H3/t10-/m1/s1. The molecule has 1 fully saturated rings. The molecule has 3 heteroatoms. The van der Waals surface area contributed by atoms with Gasteiger partial charge in [-0.05, 0) is 38.2 Å². The Hall–Kier alpha value is -0.730.